The van der Waals surface area contributed by atoms with E-state index in [-0.39, 0.29) is 5.69 Å². The van der Waals surface area contributed by atoms with Crippen molar-refractivity contribution in [2.24, 2.45) is 5.10 Å². The maximum absolute atomic E-state index is 13.7. The minimum absolute atomic E-state index is 0.127. The largest absolute Gasteiger partial charge is 0.496 e. The molecule has 27 heavy (non-hydrogen) atoms. The van der Waals surface area contributed by atoms with Crippen LogP contribution in [-0.4, -0.2) is 39.1 Å². The van der Waals surface area contributed by atoms with Crippen molar-refractivity contribution in [3.8, 4) is 5.75 Å². The maximum Gasteiger partial charge on any atom is 0.151 e. The minimum Gasteiger partial charge on any atom is -0.496 e. The number of halogens is 2. The van der Waals surface area contributed by atoms with Crippen LogP contribution in [0.15, 0.2) is 41.5 Å². The lowest BCUT2D eigenvalue weighted by atomic mass is 10.1. The summed E-state index contributed by atoms with van der Waals surface area (Å²) in [6.07, 6.45) is 0. The summed E-state index contributed by atoms with van der Waals surface area (Å²) in [4.78, 5) is 1.44. The molecule has 1 fully saturated rings. The Kier molecular flexibility index (Phi) is 6.36. The van der Waals surface area contributed by atoms with Gasteiger partial charge in [-0.1, -0.05) is 0 Å². The Bertz CT molecular complexity index is 821. The highest BCUT2D eigenvalue weighted by Crippen LogP contribution is 2.20. The number of nitrogens with zero attached hydrogens (tertiary/aromatic N) is 1. The first-order chi connectivity index (χ1) is 13.1. The van der Waals surface area contributed by atoms with E-state index in [0.29, 0.717) is 5.71 Å². The predicted molar refractivity (Wildman–Crippen MR) is 100 cm³/mol. The van der Waals surface area contributed by atoms with E-state index in [4.69, 9.17) is 9.47 Å². The lowest BCUT2D eigenvalue weighted by molar-refractivity contribution is -0.921. The van der Waals surface area contributed by atoms with E-state index >= 15 is 0 Å². The summed E-state index contributed by atoms with van der Waals surface area (Å²) in [5.41, 5.74) is 5.48. The summed E-state index contributed by atoms with van der Waals surface area (Å²) in [5, 5.41) is 4.24. The maximum atomic E-state index is 13.7. The van der Waals surface area contributed by atoms with E-state index < -0.39 is 11.6 Å². The average molecular weight is 376 g/mol. The van der Waals surface area contributed by atoms with E-state index in [1.54, 1.807) is 7.11 Å². The standard InChI is InChI=1S/C20H23F2N3O2/c1-14(23-24-19-5-4-17(21)12-18(19)22)15-3-6-20(26-2)16(11-15)13-25-7-9-27-10-8-25/h3-6,11-12,24H,7-10,13H2,1-2H3/p+1/b23-14-. The Morgan fingerprint density at radius 1 is 1.19 bits per heavy atom. The van der Waals surface area contributed by atoms with E-state index in [0.717, 1.165) is 55.8 Å². The summed E-state index contributed by atoms with van der Waals surface area (Å²) in [5.74, 6) is -0.467. The highest BCUT2D eigenvalue weighted by Gasteiger charge is 2.17. The normalized spacial score (nSPS) is 15.6. The van der Waals surface area contributed by atoms with E-state index in [2.05, 4.69) is 10.5 Å². The number of hydrogen-bond acceptors (Lipinski definition) is 4. The Morgan fingerprint density at radius 2 is 1.96 bits per heavy atom. The first-order valence-corrected chi connectivity index (χ1v) is 8.91. The molecule has 5 nitrogen and oxygen atoms in total. The molecule has 0 aromatic heterocycles. The van der Waals surface area contributed by atoms with Crippen LogP contribution in [0.2, 0.25) is 0 Å². The molecule has 7 heteroatoms. The molecule has 0 saturated carbocycles. The number of methoxy groups -OCH3 is 1. The smallest absolute Gasteiger partial charge is 0.151 e. The van der Waals surface area contributed by atoms with Crippen LogP contribution in [0.3, 0.4) is 0 Å². The van der Waals surface area contributed by atoms with E-state index in [9.17, 15) is 8.78 Å². The first kappa shape index (κ1) is 19.3. The monoisotopic (exact) mass is 376 g/mol. The molecule has 0 radical (unpaired) electrons. The number of ether oxygens (including phenoxy) is 2. The Labute approximate surface area is 157 Å². The van der Waals surface area contributed by atoms with Crippen LogP contribution in [0.1, 0.15) is 18.1 Å². The molecule has 0 amide bonds. The number of hydrazone groups is 1. The highest BCUT2D eigenvalue weighted by atomic mass is 19.1. The van der Waals surface area contributed by atoms with Gasteiger partial charge in [-0.3, -0.25) is 5.43 Å². The number of hydrogen-bond donors (Lipinski definition) is 2. The molecule has 1 aliphatic rings. The SMILES string of the molecule is COc1ccc(/C(C)=N\Nc2ccc(F)cc2F)cc1C[NH+]1CCOCC1. The predicted octanol–water partition coefficient (Wildman–Crippen LogP) is 2.22. The molecule has 0 aliphatic carbocycles. The molecule has 2 N–H and O–H groups in total. The summed E-state index contributed by atoms with van der Waals surface area (Å²) < 4.78 is 37.6. The number of rotatable bonds is 6. The average Bonchev–Trinajstić information content (AvgIpc) is 2.68. The van der Waals surface area contributed by atoms with E-state index in [1.807, 2.05) is 25.1 Å². The summed E-state index contributed by atoms with van der Waals surface area (Å²) >= 11 is 0. The highest BCUT2D eigenvalue weighted by molar-refractivity contribution is 5.99. The Morgan fingerprint density at radius 3 is 2.67 bits per heavy atom. The van der Waals surface area contributed by atoms with Crippen molar-refractivity contribution in [2.75, 3.05) is 38.8 Å². The summed E-state index contributed by atoms with van der Waals surface area (Å²) in [7, 11) is 1.66. The van der Waals surface area contributed by atoms with Gasteiger partial charge in [-0.05, 0) is 42.8 Å². The van der Waals surface area contributed by atoms with Gasteiger partial charge in [0, 0.05) is 11.6 Å². The van der Waals surface area contributed by atoms with Crippen LogP contribution in [0.5, 0.6) is 5.75 Å². The fourth-order valence-corrected chi connectivity index (χ4v) is 3.04. The van der Waals surface area contributed by atoms with Crippen LogP contribution in [-0.2, 0) is 11.3 Å². The third-order valence-electron chi connectivity index (χ3n) is 4.61. The van der Waals surface area contributed by atoms with Gasteiger partial charge in [-0.25, -0.2) is 8.78 Å². The molecule has 1 aliphatic heterocycles. The van der Waals surface area contributed by atoms with Crippen LogP contribution < -0.4 is 15.1 Å². The second kappa shape index (κ2) is 8.92. The van der Waals surface area contributed by atoms with Crippen LogP contribution in [0.4, 0.5) is 14.5 Å². The van der Waals surface area contributed by atoms with E-state index in [1.165, 1.54) is 17.0 Å². The molecule has 1 heterocycles. The Hall–Kier alpha value is -2.51. The second-order valence-corrected chi connectivity index (χ2v) is 6.50. The minimum atomic E-state index is -0.683. The lowest BCUT2D eigenvalue weighted by Crippen LogP contribution is -3.12. The van der Waals surface area contributed by atoms with Crippen molar-refractivity contribution in [1.82, 2.24) is 0 Å². The van der Waals surface area contributed by atoms with Gasteiger partial charge in [0.05, 0.1) is 31.7 Å². The fraction of sp³-hybridized carbons (Fsp3) is 0.350. The zero-order valence-corrected chi connectivity index (χ0v) is 15.5. The number of quaternary nitrogens is 1. The molecular formula is C20H24F2N3O2+. The van der Waals surface area contributed by atoms with Crippen molar-refractivity contribution in [1.29, 1.82) is 0 Å². The molecule has 0 atom stereocenters. The first-order valence-electron chi connectivity index (χ1n) is 8.91. The molecule has 0 bridgehead atoms. The molecule has 0 unspecified atom stereocenters. The van der Waals surface area contributed by atoms with Crippen LogP contribution in [0.25, 0.3) is 0 Å². The van der Waals surface area contributed by atoms with Gasteiger partial charge in [0.2, 0.25) is 0 Å². The number of benzene rings is 2. The van der Waals surface area contributed by atoms with Gasteiger partial charge >= 0.3 is 0 Å². The number of morpholine rings is 1. The third kappa shape index (κ3) is 5.02. The number of anilines is 1. The van der Waals surface area contributed by atoms with Crippen LogP contribution in [0, 0.1) is 11.6 Å². The molecule has 2 aromatic rings. The zero-order chi connectivity index (χ0) is 19.2. The van der Waals surface area contributed by atoms with Crippen molar-refractivity contribution in [3.63, 3.8) is 0 Å². The molecule has 0 spiro atoms. The lowest BCUT2D eigenvalue weighted by Gasteiger charge is -2.24. The number of nitrogens with one attached hydrogen (secondary N) is 2. The third-order valence-corrected chi connectivity index (χ3v) is 4.61. The topological polar surface area (TPSA) is 47.3 Å². The van der Waals surface area contributed by atoms with Gasteiger partial charge in [0.25, 0.3) is 0 Å². The quantitative estimate of drug-likeness (QED) is 0.600. The van der Waals surface area contributed by atoms with Gasteiger partial charge in [-0.2, -0.15) is 5.10 Å². The van der Waals surface area contributed by atoms with Crippen molar-refractivity contribution in [3.05, 3.63) is 59.2 Å². The summed E-state index contributed by atoms with van der Waals surface area (Å²) in [6.45, 7) is 6.14. The second-order valence-electron chi connectivity index (χ2n) is 6.50. The van der Waals surface area contributed by atoms with Gasteiger partial charge in [-0.15, -0.1) is 0 Å². The van der Waals surface area contributed by atoms with Gasteiger partial charge in [0.1, 0.15) is 31.2 Å². The zero-order valence-electron chi connectivity index (χ0n) is 15.5. The van der Waals surface area contributed by atoms with Crippen LogP contribution >= 0.6 is 0 Å². The molecule has 144 valence electrons. The molecule has 2 aromatic carbocycles. The van der Waals surface area contributed by atoms with Crippen molar-refractivity contribution >= 4 is 11.4 Å². The van der Waals surface area contributed by atoms with Crippen molar-refractivity contribution in [2.45, 2.75) is 13.5 Å². The summed E-state index contributed by atoms with van der Waals surface area (Å²) in [6, 6.07) is 9.21. The molecule has 3 rings (SSSR count). The molecule has 1 saturated heterocycles. The van der Waals surface area contributed by atoms with Gasteiger partial charge in [0.15, 0.2) is 5.82 Å². The Balaban J connectivity index is 1.77. The fourth-order valence-electron chi connectivity index (χ4n) is 3.04. The molecular weight excluding hydrogens is 352 g/mol. The van der Waals surface area contributed by atoms with Gasteiger partial charge < -0.3 is 14.4 Å². The van der Waals surface area contributed by atoms with Crippen molar-refractivity contribution < 1.29 is 23.2 Å².